The molecule has 0 saturated carbocycles. The van der Waals surface area contributed by atoms with Crippen LogP contribution in [0.5, 0.6) is 0 Å². The quantitative estimate of drug-likeness (QED) is 0.891. The molecule has 0 spiro atoms. The summed E-state index contributed by atoms with van der Waals surface area (Å²) in [7, 11) is -0.178. The lowest BCUT2D eigenvalue weighted by atomic mass is 10.2. The van der Waals surface area contributed by atoms with Gasteiger partial charge in [0.05, 0.1) is 4.90 Å². The number of nitrogens with zero attached hydrogens (tertiary/aromatic N) is 1. The van der Waals surface area contributed by atoms with Gasteiger partial charge >= 0.3 is 0 Å². The fourth-order valence-electron chi connectivity index (χ4n) is 2.13. The van der Waals surface area contributed by atoms with E-state index in [4.69, 9.17) is 0 Å². The van der Waals surface area contributed by atoms with Gasteiger partial charge in [0.15, 0.2) is 0 Å². The number of thioether (sulfide) groups is 1. The largest absolute Gasteiger partial charge is 0.345 e. The lowest BCUT2D eigenvalue weighted by Crippen LogP contribution is -2.30. The minimum atomic E-state index is -3.50. The first-order valence-corrected chi connectivity index (χ1v) is 9.36. The van der Waals surface area contributed by atoms with Crippen molar-refractivity contribution in [3.8, 4) is 0 Å². The molecule has 1 aromatic rings. The number of nitrogens with one attached hydrogen (secondary N) is 1. The van der Waals surface area contributed by atoms with E-state index >= 15 is 0 Å². The lowest BCUT2D eigenvalue weighted by molar-refractivity contribution is 0.0827. The van der Waals surface area contributed by atoms with Crippen molar-refractivity contribution in [2.24, 2.45) is 0 Å². The van der Waals surface area contributed by atoms with Crippen molar-refractivity contribution < 1.29 is 13.2 Å². The molecule has 1 saturated heterocycles. The minimum Gasteiger partial charge on any atom is -0.345 e. The van der Waals surface area contributed by atoms with Crippen LogP contribution in [-0.4, -0.2) is 50.9 Å². The molecule has 0 bridgehead atoms. The minimum absolute atomic E-state index is 0.144. The summed E-state index contributed by atoms with van der Waals surface area (Å²) in [6.07, 6.45) is 2.21. The van der Waals surface area contributed by atoms with Gasteiger partial charge in [0.25, 0.3) is 5.91 Å². The average Bonchev–Trinajstić information content (AvgIpc) is 2.98. The molecule has 0 unspecified atom stereocenters. The van der Waals surface area contributed by atoms with E-state index < -0.39 is 10.0 Å². The summed E-state index contributed by atoms with van der Waals surface area (Å²) in [5.41, 5.74) is 0.477. The van der Waals surface area contributed by atoms with Crippen molar-refractivity contribution in [2.75, 3.05) is 26.4 Å². The molecular weight excluding hydrogens is 308 g/mol. The molecule has 0 aliphatic carbocycles. The van der Waals surface area contributed by atoms with Crippen LogP contribution in [0.25, 0.3) is 0 Å². The van der Waals surface area contributed by atoms with E-state index in [1.807, 2.05) is 11.8 Å². The highest BCUT2D eigenvalue weighted by atomic mass is 32.2. The van der Waals surface area contributed by atoms with E-state index in [2.05, 4.69) is 4.72 Å². The average molecular weight is 328 g/mol. The van der Waals surface area contributed by atoms with Crippen LogP contribution in [0.1, 0.15) is 23.2 Å². The van der Waals surface area contributed by atoms with Crippen LogP contribution in [0.3, 0.4) is 0 Å². The van der Waals surface area contributed by atoms with Gasteiger partial charge in [-0.2, -0.15) is 11.8 Å². The second-order valence-corrected chi connectivity index (χ2v) is 8.39. The first kappa shape index (κ1) is 16.3. The molecule has 0 aromatic heterocycles. The van der Waals surface area contributed by atoms with Gasteiger partial charge in [0, 0.05) is 31.5 Å². The van der Waals surface area contributed by atoms with Crippen LogP contribution in [0.2, 0.25) is 0 Å². The van der Waals surface area contributed by atoms with Gasteiger partial charge in [-0.25, -0.2) is 13.1 Å². The molecule has 5 nitrogen and oxygen atoms in total. The molecular formula is C14H20N2O3S2. The SMILES string of the molecule is CN(C)C(=O)c1ccc(S(=O)(=O)NC[C@@H]2CCCS2)cc1. The van der Waals surface area contributed by atoms with Gasteiger partial charge in [-0.3, -0.25) is 4.79 Å². The Morgan fingerprint density at radius 1 is 1.33 bits per heavy atom. The Balaban J connectivity index is 2.04. The Labute approximate surface area is 130 Å². The van der Waals surface area contributed by atoms with E-state index in [0.717, 1.165) is 18.6 Å². The highest BCUT2D eigenvalue weighted by molar-refractivity contribution is 8.00. The van der Waals surface area contributed by atoms with Crippen molar-refractivity contribution >= 4 is 27.7 Å². The first-order chi connectivity index (χ1) is 9.90. The van der Waals surface area contributed by atoms with Crippen molar-refractivity contribution in [3.05, 3.63) is 29.8 Å². The molecule has 0 radical (unpaired) electrons. The summed E-state index contributed by atoms with van der Waals surface area (Å²) in [6.45, 7) is 0.464. The van der Waals surface area contributed by atoms with Gasteiger partial charge in [0.2, 0.25) is 10.0 Å². The van der Waals surface area contributed by atoms with Crippen molar-refractivity contribution in [3.63, 3.8) is 0 Å². The van der Waals surface area contributed by atoms with E-state index in [1.54, 1.807) is 26.2 Å². The van der Waals surface area contributed by atoms with Crippen LogP contribution in [0.4, 0.5) is 0 Å². The summed E-state index contributed by atoms with van der Waals surface area (Å²) in [4.78, 5) is 13.4. The maximum Gasteiger partial charge on any atom is 0.253 e. The molecule has 1 heterocycles. The smallest absolute Gasteiger partial charge is 0.253 e. The molecule has 1 aliphatic heterocycles. The van der Waals surface area contributed by atoms with Crippen LogP contribution in [0, 0.1) is 0 Å². The second-order valence-electron chi connectivity index (χ2n) is 5.21. The number of hydrogen-bond acceptors (Lipinski definition) is 4. The molecule has 2 rings (SSSR count). The molecule has 1 amide bonds. The predicted molar refractivity (Wildman–Crippen MR) is 85.1 cm³/mol. The van der Waals surface area contributed by atoms with Crippen molar-refractivity contribution in [2.45, 2.75) is 23.0 Å². The molecule has 21 heavy (non-hydrogen) atoms. The zero-order valence-corrected chi connectivity index (χ0v) is 13.8. The van der Waals surface area contributed by atoms with Crippen molar-refractivity contribution in [1.82, 2.24) is 9.62 Å². The topological polar surface area (TPSA) is 66.5 Å². The highest BCUT2D eigenvalue weighted by Gasteiger charge is 2.20. The molecule has 1 fully saturated rings. The zero-order chi connectivity index (χ0) is 15.5. The van der Waals surface area contributed by atoms with Gasteiger partial charge in [-0.1, -0.05) is 0 Å². The summed E-state index contributed by atoms with van der Waals surface area (Å²) >= 11 is 1.81. The second kappa shape index (κ2) is 6.81. The Bertz CT molecular complexity index is 591. The number of carbonyl (C=O) groups is 1. The third-order valence-electron chi connectivity index (χ3n) is 3.34. The van der Waals surface area contributed by atoms with Gasteiger partial charge < -0.3 is 4.90 Å². The summed E-state index contributed by atoms with van der Waals surface area (Å²) in [6, 6.07) is 6.03. The monoisotopic (exact) mass is 328 g/mol. The molecule has 1 atom stereocenters. The van der Waals surface area contributed by atoms with Crippen LogP contribution in [0.15, 0.2) is 29.2 Å². The number of hydrogen-bond donors (Lipinski definition) is 1. The van der Waals surface area contributed by atoms with Crippen LogP contribution >= 0.6 is 11.8 Å². The normalized spacial score (nSPS) is 18.7. The van der Waals surface area contributed by atoms with E-state index in [1.165, 1.54) is 17.0 Å². The zero-order valence-electron chi connectivity index (χ0n) is 12.2. The lowest BCUT2D eigenvalue weighted by Gasteiger charge is -2.12. The maximum absolute atomic E-state index is 12.2. The number of benzene rings is 1. The summed E-state index contributed by atoms with van der Waals surface area (Å²) in [5, 5.41) is 0.370. The van der Waals surface area contributed by atoms with E-state index in [0.29, 0.717) is 17.4 Å². The summed E-state index contributed by atoms with van der Waals surface area (Å²) in [5.74, 6) is 0.961. The van der Waals surface area contributed by atoms with Crippen molar-refractivity contribution in [1.29, 1.82) is 0 Å². The number of carbonyl (C=O) groups excluding carboxylic acids is 1. The Morgan fingerprint density at radius 2 is 2.00 bits per heavy atom. The van der Waals surface area contributed by atoms with E-state index in [9.17, 15) is 13.2 Å². The number of amides is 1. The Hall–Kier alpha value is -1.05. The standard InChI is InChI=1S/C14H20N2O3S2/c1-16(2)14(17)11-5-7-13(8-6-11)21(18,19)15-10-12-4-3-9-20-12/h5-8,12,15H,3-4,9-10H2,1-2H3/t12-/m0/s1. The predicted octanol–water partition coefficient (Wildman–Crippen LogP) is 1.56. The fraction of sp³-hybridized carbons (Fsp3) is 0.500. The Kier molecular flexibility index (Phi) is 5.29. The van der Waals surface area contributed by atoms with E-state index in [-0.39, 0.29) is 10.8 Å². The maximum atomic E-state index is 12.2. The van der Waals surface area contributed by atoms with Crippen LogP contribution in [-0.2, 0) is 10.0 Å². The number of rotatable bonds is 5. The first-order valence-electron chi connectivity index (χ1n) is 6.83. The van der Waals surface area contributed by atoms with Crippen LogP contribution < -0.4 is 4.72 Å². The number of sulfonamides is 1. The highest BCUT2D eigenvalue weighted by Crippen LogP contribution is 2.25. The van der Waals surface area contributed by atoms with Gasteiger partial charge in [-0.05, 0) is 42.9 Å². The summed E-state index contributed by atoms with van der Waals surface area (Å²) < 4.78 is 27.0. The molecule has 1 aromatic carbocycles. The molecule has 116 valence electrons. The van der Waals surface area contributed by atoms with Gasteiger partial charge in [0.1, 0.15) is 0 Å². The molecule has 7 heteroatoms. The Morgan fingerprint density at radius 3 is 2.52 bits per heavy atom. The molecule has 1 N–H and O–H groups in total. The molecule has 1 aliphatic rings. The third-order valence-corrected chi connectivity index (χ3v) is 6.18. The van der Waals surface area contributed by atoms with Gasteiger partial charge in [-0.15, -0.1) is 0 Å². The third kappa shape index (κ3) is 4.21. The fourth-order valence-corrected chi connectivity index (χ4v) is 4.51.